The summed E-state index contributed by atoms with van der Waals surface area (Å²) in [5.41, 5.74) is 3.95. The molecule has 10 heteroatoms. The first kappa shape index (κ1) is 28.2. The van der Waals surface area contributed by atoms with Crippen molar-refractivity contribution in [1.82, 2.24) is 20.5 Å². The predicted octanol–water partition coefficient (Wildman–Crippen LogP) is 4.55. The lowest BCUT2D eigenvalue weighted by atomic mass is 10.0. The van der Waals surface area contributed by atoms with E-state index in [2.05, 4.69) is 25.8 Å². The van der Waals surface area contributed by atoms with Crippen molar-refractivity contribution >= 4 is 35.1 Å². The van der Waals surface area contributed by atoms with Crippen LogP contribution >= 0.6 is 0 Å². The Morgan fingerprint density at radius 1 is 1.00 bits per heavy atom. The summed E-state index contributed by atoms with van der Waals surface area (Å²) in [6.07, 6.45) is 5.32. The number of nitrogens with one attached hydrogen (secondary N) is 4. The molecule has 1 saturated heterocycles. The molecule has 41 heavy (non-hydrogen) atoms. The Hall–Kier alpha value is -4.31. The van der Waals surface area contributed by atoms with E-state index in [4.69, 9.17) is 0 Å². The van der Waals surface area contributed by atoms with Gasteiger partial charge in [-0.1, -0.05) is 12.5 Å². The number of aryl methyl sites for hydroxylation is 1. The van der Waals surface area contributed by atoms with Crippen LogP contribution in [0.25, 0.3) is 11.6 Å². The molecule has 2 aromatic carbocycles. The number of amides is 3. The second-order valence-electron chi connectivity index (χ2n) is 10.5. The van der Waals surface area contributed by atoms with Crippen LogP contribution in [0.3, 0.4) is 0 Å². The molecule has 0 atom stereocenters. The van der Waals surface area contributed by atoms with Crippen molar-refractivity contribution in [2.45, 2.75) is 39.7 Å². The molecule has 0 bridgehead atoms. The molecule has 0 spiro atoms. The maximum Gasteiger partial charge on any atom is 0.256 e. The van der Waals surface area contributed by atoms with Gasteiger partial charge in [-0.3, -0.25) is 14.4 Å². The Morgan fingerprint density at radius 2 is 1.73 bits per heavy atom. The first-order chi connectivity index (χ1) is 19.7. The summed E-state index contributed by atoms with van der Waals surface area (Å²) in [6, 6.07) is 8.22. The first-order valence-corrected chi connectivity index (χ1v) is 13.8. The summed E-state index contributed by atoms with van der Waals surface area (Å²) in [5.74, 6) is -2.54. The number of aromatic nitrogens is 1. The Kier molecular flexibility index (Phi) is 8.30. The minimum Gasteiger partial charge on any atom is -0.358 e. The highest BCUT2D eigenvalue weighted by Gasteiger charge is 2.27. The lowest BCUT2D eigenvalue weighted by Crippen LogP contribution is -2.37. The quantitative estimate of drug-likeness (QED) is 0.303. The topological polar surface area (TPSA) is 106 Å². The molecule has 3 amide bonds. The van der Waals surface area contributed by atoms with Gasteiger partial charge in [0.15, 0.2) is 0 Å². The third-order valence-electron chi connectivity index (χ3n) is 7.71. The molecule has 1 aromatic heterocycles. The summed E-state index contributed by atoms with van der Waals surface area (Å²) in [6.45, 7) is 6.82. The molecule has 3 heterocycles. The second-order valence-corrected chi connectivity index (χ2v) is 10.5. The summed E-state index contributed by atoms with van der Waals surface area (Å²) in [7, 11) is 0. The first-order valence-electron chi connectivity index (χ1n) is 13.8. The number of carbonyl (C=O) groups excluding carboxylic acids is 3. The van der Waals surface area contributed by atoms with Crippen LogP contribution in [-0.2, 0) is 11.3 Å². The molecule has 214 valence electrons. The third-order valence-corrected chi connectivity index (χ3v) is 7.71. The number of piperidine rings is 1. The van der Waals surface area contributed by atoms with Crippen molar-refractivity contribution in [3.05, 3.63) is 87.2 Å². The number of carbonyl (C=O) groups is 3. The van der Waals surface area contributed by atoms with Gasteiger partial charge in [-0.05, 0) is 81.7 Å². The number of benzene rings is 2. The Bertz CT molecular complexity index is 1520. The van der Waals surface area contributed by atoms with Gasteiger partial charge in [0.2, 0.25) is 0 Å². The average Bonchev–Trinajstić information content (AvgIpc) is 3.42. The molecule has 5 rings (SSSR count). The molecule has 2 aliphatic heterocycles. The second kappa shape index (κ2) is 12.1. The van der Waals surface area contributed by atoms with Crippen LogP contribution in [0.2, 0.25) is 0 Å². The van der Waals surface area contributed by atoms with E-state index < -0.39 is 17.5 Å². The Morgan fingerprint density at radius 3 is 2.46 bits per heavy atom. The Labute approximate surface area is 237 Å². The van der Waals surface area contributed by atoms with E-state index in [-0.39, 0.29) is 29.5 Å². The lowest BCUT2D eigenvalue weighted by molar-refractivity contribution is -0.110. The highest BCUT2D eigenvalue weighted by molar-refractivity contribution is 6.35. The predicted molar refractivity (Wildman–Crippen MR) is 153 cm³/mol. The van der Waals surface area contributed by atoms with Crippen LogP contribution in [0.5, 0.6) is 0 Å². The number of nitrogens with zero attached hydrogens (tertiary/aromatic N) is 1. The third kappa shape index (κ3) is 6.07. The molecule has 0 saturated carbocycles. The largest absolute Gasteiger partial charge is 0.358 e. The van der Waals surface area contributed by atoms with E-state index in [0.29, 0.717) is 45.9 Å². The maximum absolute atomic E-state index is 14.0. The highest BCUT2D eigenvalue weighted by atomic mass is 19.1. The van der Waals surface area contributed by atoms with Gasteiger partial charge in [0.25, 0.3) is 17.7 Å². The number of halogens is 2. The number of fused-ring (bicyclic) bond motifs is 1. The number of hydrogen-bond acceptors (Lipinski definition) is 4. The Balaban J connectivity index is 1.32. The van der Waals surface area contributed by atoms with Crippen LogP contribution in [0.4, 0.5) is 14.5 Å². The fourth-order valence-corrected chi connectivity index (χ4v) is 5.45. The minimum atomic E-state index is -0.745. The van der Waals surface area contributed by atoms with Crippen LogP contribution in [-0.4, -0.2) is 53.8 Å². The highest BCUT2D eigenvalue weighted by Crippen LogP contribution is 2.35. The molecular formula is C31H33F2N5O3. The molecule has 1 fully saturated rings. The van der Waals surface area contributed by atoms with Crippen molar-refractivity contribution < 1.29 is 23.2 Å². The van der Waals surface area contributed by atoms with Gasteiger partial charge in [-0.25, -0.2) is 8.78 Å². The fourth-order valence-electron chi connectivity index (χ4n) is 5.45. The number of hydrogen-bond donors (Lipinski definition) is 4. The molecule has 0 unspecified atom stereocenters. The summed E-state index contributed by atoms with van der Waals surface area (Å²) in [4.78, 5) is 44.3. The molecule has 0 aliphatic carbocycles. The molecule has 2 aliphatic rings. The van der Waals surface area contributed by atoms with Crippen molar-refractivity contribution in [3.8, 4) is 0 Å². The number of anilines is 1. The van der Waals surface area contributed by atoms with Crippen LogP contribution < -0.4 is 16.0 Å². The standard InChI is InChI=1S/C31H33F2N5O3/c1-18-27(36-19(2)28(18)31(41)34-11-14-38-12-4-3-5-13-38)16-22-21-15-20(9-10-26(21)37-30(22)40)29(39)35-17-23-24(32)7-6-8-25(23)33/h6-10,15-16,36H,3-5,11-14,17H2,1-2H3,(H,34,41)(H,35,39)(H,37,40). The number of aromatic amines is 1. The molecule has 0 radical (unpaired) electrons. The number of likely N-dealkylation sites (tertiary alicyclic amines) is 1. The van der Waals surface area contributed by atoms with E-state index in [1.165, 1.54) is 31.4 Å². The van der Waals surface area contributed by atoms with Gasteiger partial charge in [0, 0.05) is 53.4 Å². The monoisotopic (exact) mass is 561 g/mol. The van der Waals surface area contributed by atoms with Gasteiger partial charge in [-0.15, -0.1) is 0 Å². The average molecular weight is 562 g/mol. The molecule has 8 nitrogen and oxygen atoms in total. The van der Waals surface area contributed by atoms with Crippen molar-refractivity contribution in [2.75, 3.05) is 31.5 Å². The normalized spacial score (nSPS) is 16.0. The smallest absolute Gasteiger partial charge is 0.256 e. The zero-order valence-corrected chi connectivity index (χ0v) is 23.1. The van der Waals surface area contributed by atoms with E-state index in [0.717, 1.165) is 31.8 Å². The van der Waals surface area contributed by atoms with Crippen molar-refractivity contribution in [1.29, 1.82) is 0 Å². The van der Waals surface area contributed by atoms with Gasteiger partial charge in [0.05, 0.1) is 11.1 Å². The van der Waals surface area contributed by atoms with E-state index in [1.54, 1.807) is 18.2 Å². The zero-order chi connectivity index (χ0) is 29.1. The summed E-state index contributed by atoms with van der Waals surface area (Å²) < 4.78 is 27.9. The summed E-state index contributed by atoms with van der Waals surface area (Å²) >= 11 is 0. The number of H-pyrrole nitrogens is 1. The van der Waals surface area contributed by atoms with Gasteiger partial charge in [0.1, 0.15) is 11.6 Å². The number of rotatable bonds is 8. The zero-order valence-electron chi connectivity index (χ0n) is 23.1. The van der Waals surface area contributed by atoms with Gasteiger partial charge >= 0.3 is 0 Å². The SMILES string of the molecule is Cc1[nH]c(C=C2C(=O)Nc3ccc(C(=O)NCc4c(F)cccc4F)cc32)c(C)c1C(=O)NCCN1CCCCC1. The molecular weight excluding hydrogens is 528 g/mol. The van der Waals surface area contributed by atoms with E-state index in [1.807, 2.05) is 13.8 Å². The molecule has 3 aromatic rings. The fraction of sp³-hybridized carbons (Fsp3) is 0.323. The summed E-state index contributed by atoms with van der Waals surface area (Å²) in [5, 5.41) is 8.35. The van der Waals surface area contributed by atoms with Crippen molar-refractivity contribution in [3.63, 3.8) is 0 Å². The van der Waals surface area contributed by atoms with E-state index >= 15 is 0 Å². The van der Waals surface area contributed by atoms with Crippen LogP contribution in [0.15, 0.2) is 36.4 Å². The van der Waals surface area contributed by atoms with Crippen molar-refractivity contribution in [2.24, 2.45) is 0 Å². The maximum atomic E-state index is 14.0. The van der Waals surface area contributed by atoms with E-state index in [9.17, 15) is 23.2 Å². The van der Waals surface area contributed by atoms with Gasteiger partial charge in [-0.2, -0.15) is 0 Å². The molecule has 4 N–H and O–H groups in total. The minimum absolute atomic E-state index is 0.167. The van der Waals surface area contributed by atoms with Gasteiger partial charge < -0.3 is 25.8 Å². The van der Waals surface area contributed by atoms with Crippen LogP contribution in [0.1, 0.15) is 68.1 Å². The lowest BCUT2D eigenvalue weighted by Gasteiger charge is -2.26. The van der Waals surface area contributed by atoms with Crippen LogP contribution in [0, 0.1) is 25.5 Å².